The molecule has 1 saturated heterocycles. The minimum Gasteiger partial charge on any atom is -0.497 e. The molecule has 0 saturated carbocycles. The van der Waals surface area contributed by atoms with Crippen molar-refractivity contribution in [3.05, 3.63) is 54.0 Å². The van der Waals surface area contributed by atoms with Gasteiger partial charge in [0.25, 0.3) is 5.91 Å². The van der Waals surface area contributed by atoms with E-state index in [1.807, 2.05) is 0 Å². The maximum atomic E-state index is 12.6. The van der Waals surface area contributed by atoms with Gasteiger partial charge in [-0.05, 0) is 30.3 Å². The molecular formula is C20H17F3N4O4. The molecule has 3 aromatic rings. The number of methoxy groups -OCH3 is 1. The van der Waals surface area contributed by atoms with Crippen molar-refractivity contribution in [2.45, 2.75) is 18.7 Å². The number of pyridine rings is 1. The van der Waals surface area contributed by atoms with E-state index in [1.165, 1.54) is 18.3 Å². The Morgan fingerprint density at radius 3 is 2.58 bits per heavy atom. The number of likely N-dealkylation sites (tertiary alicyclic amines) is 1. The van der Waals surface area contributed by atoms with Crippen molar-refractivity contribution in [3.8, 4) is 23.0 Å². The van der Waals surface area contributed by atoms with Crippen molar-refractivity contribution in [1.82, 2.24) is 20.0 Å². The third-order valence-electron chi connectivity index (χ3n) is 4.72. The van der Waals surface area contributed by atoms with E-state index in [0.29, 0.717) is 30.8 Å². The molecule has 2 aromatic heterocycles. The van der Waals surface area contributed by atoms with Crippen LogP contribution in [0.15, 0.2) is 47.1 Å². The van der Waals surface area contributed by atoms with Gasteiger partial charge in [0.2, 0.25) is 11.7 Å². The van der Waals surface area contributed by atoms with Gasteiger partial charge in [-0.15, -0.1) is 0 Å². The lowest BCUT2D eigenvalue weighted by molar-refractivity contribution is -0.159. The molecule has 0 spiro atoms. The lowest BCUT2D eigenvalue weighted by atomic mass is 10.2. The third-order valence-corrected chi connectivity index (χ3v) is 4.72. The second-order valence-electron chi connectivity index (χ2n) is 6.81. The van der Waals surface area contributed by atoms with Gasteiger partial charge in [-0.25, -0.2) is 4.98 Å². The number of nitrogens with zero attached hydrogens (tertiary/aromatic N) is 4. The lowest BCUT2D eigenvalue weighted by Crippen LogP contribution is -2.31. The highest BCUT2D eigenvalue weighted by molar-refractivity contribution is 5.94. The fraction of sp³-hybridized carbons (Fsp3) is 0.300. The summed E-state index contributed by atoms with van der Waals surface area (Å²) < 4.78 is 52.8. The zero-order valence-corrected chi connectivity index (χ0v) is 16.3. The number of hydrogen-bond donors (Lipinski definition) is 0. The zero-order chi connectivity index (χ0) is 22.0. The minimum absolute atomic E-state index is 0.102. The molecule has 31 heavy (non-hydrogen) atoms. The van der Waals surface area contributed by atoms with E-state index < -0.39 is 12.1 Å². The Balaban J connectivity index is 1.35. The molecule has 0 bridgehead atoms. The number of halogens is 3. The summed E-state index contributed by atoms with van der Waals surface area (Å²) in [6.45, 7) is 0.935. The highest BCUT2D eigenvalue weighted by Gasteiger charge is 2.38. The molecule has 1 amide bonds. The molecule has 0 radical (unpaired) electrons. The van der Waals surface area contributed by atoms with Crippen LogP contribution < -0.4 is 9.47 Å². The normalized spacial score (nSPS) is 16.4. The Bertz CT molecular complexity index is 1050. The first-order chi connectivity index (χ1) is 14.8. The third kappa shape index (κ3) is 4.60. The molecule has 0 aliphatic carbocycles. The SMILES string of the molecule is COc1ccc(C(=O)N2CC[C@H](Oc3ccc(-c4noc(C(F)(F)F)n4)cn3)C2)cc1. The van der Waals surface area contributed by atoms with Gasteiger partial charge >= 0.3 is 12.1 Å². The quantitative estimate of drug-likeness (QED) is 0.608. The Kier molecular flexibility index (Phi) is 5.49. The molecule has 1 fully saturated rings. The van der Waals surface area contributed by atoms with E-state index in [1.54, 1.807) is 36.3 Å². The predicted octanol–water partition coefficient (Wildman–Crippen LogP) is 3.45. The van der Waals surface area contributed by atoms with Crippen molar-refractivity contribution in [3.63, 3.8) is 0 Å². The number of ether oxygens (including phenoxy) is 2. The number of carbonyl (C=O) groups is 1. The average Bonchev–Trinajstić information content (AvgIpc) is 3.44. The molecule has 1 atom stereocenters. The van der Waals surface area contributed by atoms with Crippen LogP contribution in [-0.4, -0.2) is 52.2 Å². The Morgan fingerprint density at radius 2 is 1.97 bits per heavy atom. The number of hydrogen-bond acceptors (Lipinski definition) is 7. The Hall–Kier alpha value is -3.63. The fourth-order valence-corrected chi connectivity index (χ4v) is 3.13. The van der Waals surface area contributed by atoms with Gasteiger partial charge in [-0.2, -0.15) is 18.2 Å². The van der Waals surface area contributed by atoms with E-state index in [9.17, 15) is 18.0 Å². The molecule has 1 aliphatic rings. The van der Waals surface area contributed by atoms with Crippen LogP contribution in [0.5, 0.6) is 11.6 Å². The van der Waals surface area contributed by atoms with Gasteiger partial charge in [-0.1, -0.05) is 5.16 Å². The van der Waals surface area contributed by atoms with Crippen LogP contribution in [0.4, 0.5) is 13.2 Å². The Labute approximate surface area is 174 Å². The van der Waals surface area contributed by atoms with E-state index in [-0.39, 0.29) is 29.3 Å². The average molecular weight is 434 g/mol. The summed E-state index contributed by atoms with van der Waals surface area (Å²) in [5.41, 5.74) is 0.816. The van der Waals surface area contributed by atoms with Gasteiger partial charge in [-0.3, -0.25) is 4.79 Å². The van der Waals surface area contributed by atoms with Gasteiger partial charge in [0.1, 0.15) is 11.9 Å². The number of rotatable bonds is 5. The fourth-order valence-electron chi connectivity index (χ4n) is 3.13. The number of amides is 1. The molecule has 11 heteroatoms. The molecule has 4 rings (SSSR count). The highest BCUT2D eigenvalue weighted by atomic mass is 19.4. The van der Waals surface area contributed by atoms with Crippen LogP contribution in [-0.2, 0) is 6.18 Å². The van der Waals surface area contributed by atoms with E-state index in [0.717, 1.165) is 0 Å². The molecule has 0 unspecified atom stereocenters. The molecule has 1 aliphatic heterocycles. The van der Waals surface area contributed by atoms with Crippen LogP contribution >= 0.6 is 0 Å². The molecule has 3 heterocycles. The van der Waals surface area contributed by atoms with Crippen LogP contribution in [0.1, 0.15) is 22.7 Å². The molecule has 1 aromatic carbocycles. The first-order valence-corrected chi connectivity index (χ1v) is 9.31. The minimum atomic E-state index is -4.71. The number of aromatic nitrogens is 3. The number of benzene rings is 1. The standard InChI is InChI=1S/C20H17F3N4O4/c1-29-14-5-2-12(3-6-14)18(28)27-9-8-15(11-27)30-16-7-4-13(10-24-16)17-25-19(31-26-17)20(21,22)23/h2-7,10,15H,8-9,11H2,1H3/t15-/m0/s1. The molecular weight excluding hydrogens is 417 g/mol. The monoisotopic (exact) mass is 434 g/mol. The molecule has 162 valence electrons. The number of alkyl halides is 3. The lowest BCUT2D eigenvalue weighted by Gasteiger charge is -2.17. The van der Waals surface area contributed by atoms with Gasteiger partial charge in [0, 0.05) is 36.4 Å². The summed E-state index contributed by atoms with van der Waals surface area (Å²) in [4.78, 5) is 21.7. The topological polar surface area (TPSA) is 90.6 Å². The van der Waals surface area contributed by atoms with Crippen LogP contribution in [0.2, 0.25) is 0 Å². The maximum Gasteiger partial charge on any atom is 0.471 e. The largest absolute Gasteiger partial charge is 0.497 e. The maximum absolute atomic E-state index is 12.6. The Morgan fingerprint density at radius 1 is 1.19 bits per heavy atom. The van der Waals surface area contributed by atoms with Gasteiger partial charge in [0.15, 0.2) is 0 Å². The number of carbonyl (C=O) groups excluding carboxylic acids is 1. The van der Waals surface area contributed by atoms with Crippen LogP contribution in [0.3, 0.4) is 0 Å². The second-order valence-corrected chi connectivity index (χ2v) is 6.81. The van der Waals surface area contributed by atoms with Crippen molar-refractivity contribution in [1.29, 1.82) is 0 Å². The first kappa shape index (κ1) is 20.6. The summed E-state index contributed by atoms with van der Waals surface area (Å²) in [6, 6.07) is 9.86. The summed E-state index contributed by atoms with van der Waals surface area (Å²) in [5, 5.41) is 3.32. The molecule has 8 nitrogen and oxygen atoms in total. The molecule has 0 N–H and O–H groups in total. The van der Waals surface area contributed by atoms with E-state index in [4.69, 9.17) is 9.47 Å². The summed E-state index contributed by atoms with van der Waals surface area (Å²) >= 11 is 0. The van der Waals surface area contributed by atoms with E-state index in [2.05, 4.69) is 19.6 Å². The van der Waals surface area contributed by atoms with Crippen molar-refractivity contribution >= 4 is 5.91 Å². The summed E-state index contributed by atoms with van der Waals surface area (Å²) in [6.07, 6.45) is -3.03. The zero-order valence-electron chi connectivity index (χ0n) is 16.3. The van der Waals surface area contributed by atoms with Crippen molar-refractivity contribution in [2.75, 3.05) is 20.2 Å². The van der Waals surface area contributed by atoms with Crippen molar-refractivity contribution < 1.29 is 32.0 Å². The summed E-state index contributed by atoms with van der Waals surface area (Å²) in [5.74, 6) is -0.787. The summed E-state index contributed by atoms with van der Waals surface area (Å²) in [7, 11) is 1.56. The van der Waals surface area contributed by atoms with Crippen LogP contribution in [0.25, 0.3) is 11.4 Å². The highest BCUT2D eigenvalue weighted by Crippen LogP contribution is 2.29. The predicted molar refractivity (Wildman–Crippen MR) is 100 cm³/mol. The van der Waals surface area contributed by atoms with E-state index >= 15 is 0 Å². The first-order valence-electron chi connectivity index (χ1n) is 9.31. The van der Waals surface area contributed by atoms with Gasteiger partial charge in [0.05, 0.1) is 13.7 Å². The van der Waals surface area contributed by atoms with Crippen LogP contribution in [0, 0.1) is 0 Å². The second kappa shape index (κ2) is 8.25. The smallest absolute Gasteiger partial charge is 0.471 e. The van der Waals surface area contributed by atoms with Gasteiger partial charge < -0.3 is 18.9 Å². The van der Waals surface area contributed by atoms with Crippen molar-refractivity contribution in [2.24, 2.45) is 0 Å².